The number of hydrogen-bond acceptors (Lipinski definition) is 1. The first-order valence-corrected chi connectivity index (χ1v) is 6.67. The van der Waals surface area contributed by atoms with Gasteiger partial charge in [0.15, 0.2) is 0 Å². The van der Waals surface area contributed by atoms with Gasteiger partial charge in [-0.1, -0.05) is 22.9 Å². The van der Waals surface area contributed by atoms with Crippen LogP contribution in [0.4, 0.5) is 0 Å². The fraction of sp³-hybridized carbons (Fsp3) is 1.00. The van der Waals surface area contributed by atoms with Crippen LogP contribution in [0.2, 0.25) is 0 Å². The molecule has 0 aromatic heterocycles. The van der Waals surface area contributed by atoms with Gasteiger partial charge in [-0.2, -0.15) is 0 Å². The monoisotopic (exact) mass is 262 g/mol. The zero-order valence-electron chi connectivity index (χ0n) is 9.90. The van der Waals surface area contributed by atoms with E-state index in [1.165, 1.54) is 19.3 Å². The Labute approximate surface area is 96.7 Å². The molecule has 0 bridgehead atoms. The van der Waals surface area contributed by atoms with Crippen LogP contribution in [0.1, 0.15) is 46.5 Å². The lowest BCUT2D eigenvalue weighted by Crippen LogP contribution is -2.28. The summed E-state index contributed by atoms with van der Waals surface area (Å²) in [6.07, 6.45) is 5.27. The molecule has 84 valence electrons. The largest absolute Gasteiger partial charge is 0.379 e. The second kappa shape index (κ2) is 4.52. The smallest absolute Gasteiger partial charge is 0.0623 e. The van der Waals surface area contributed by atoms with Crippen molar-refractivity contribution in [1.82, 2.24) is 0 Å². The van der Waals surface area contributed by atoms with E-state index < -0.39 is 0 Å². The van der Waals surface area contributed by atoms with Gasteiger partial charge in [-0.25, -0.2) is 0 Å². The van der Waals surface area contributed by atoms with Gasteiger partial charge >= 0.3 is 0 Å². The molecule has 0 N–H and O–H groups in total. The molecule has 0 radical (unpaired) electrons. The Morgan fingerprint density at radius 3 is 2.14 bits per heavy atom. The third kappa shape index (κ3) is 3.23. The van der Waals surface area contributed by atoms with E-state index in [4.69, 9.17) is 4.74 Å². The maximum atomic E-state index is 5.46. The second-order valence-electron chi connectivity index (χ2n) is 5.53. The fourth-order valence-corrected chi connectivity index (χ4v) is 2.59. The van der Waals surface area contributed by atoms with Crippen molar-refractivity contribution < 1.29 is 4.74 Å². The SMILES string of the molecule is COC(C)(C)CCC(C)(CBr)C1CC1. The second-order valence-corrected chi connectivity index (χ2v) is 6.09. The number of methoxy groups -OCH3 is 1. The number of alkyl halides is 1. The standard InChI is InChI=1S/C12H23BrO/c1-11(2,14-4)7-8-12(3,9-13)10-5-6-10/h10H,5-9H2,1-4H3. The zero-order valence-corrected chi connectivity index (χ0v) is 11.5. The third-order valence-corrected chi connectivity index (χ3v) is 5.00. The van der Waals surface area contributed by atoms with E-state index in [-0.39, 0.29) is 5.60 Å². The maximum Gasteiger partial charge on any atom is 0.0623 e. The minimum atomic E-state index is 0.0400. The van der Waals surface area contributed by atoms with Crippen LogP contribution in [0, 0.1) is 11.3 Å². The van der Waals surface area contributed by atoms with Crippen LogP contribution in [-0.4, -0.2) is 18.0 Å². The van der Waals surface area contributed by atoms with E-state index in [0.29, 0.717) is 5.41 Å². The lowest BCUT2D eigenvalue weighted by molar-refractivity contribution is 0.00477. The van der Waals surface area contributed by atoms with Crippen LogP contribution < -0.4 is 0 Å². The Morgan fingerprint density at radius 1 is 1.21 bits per heavy atom. The first-order valence-electron chi connectivity index (χ1n) is 5.55. The van der Waals surface area contributed by atoms with Crippen LogP contribution >= 0.6 is 15.9 Å². The van der Waals surface area contributed by atoms with Gasteiger partial charge in [-0.3, -0.25) is 0 Å². The van der Waals surface area contributed by atoms with Crippen molar-refractivity contribution in [2.45, 2.75) is 52.1 Å². The molecule has 0 spiro atoms. The predicted octanol–water partition coefficient (Wildman–Crippen LogP) is 4.00. The summed E-state index contributed by atoms with van der Waals surface area (Å²) in [6.45, 7) is 6.76. The minimum absolute atomic E-state index is 0.0400. The summed E-state index contributed by atoms with van der Waals surface area (Å²) in [5, 5.41) is 1.13. The highest BCUT2D eigenvalue weighted by atomic mass is 79.9. The van der Waals surface area contributed by atoms with Crippen LogP contribution in [0.15, 0.2) is 0 Å². The highest BCUT2D eigenvalue weighted by molar-refractivity contribution is 9.09. The molecule has 1 atom stereocenters. The number of ether oxygens (including phenoxy) is 1. The molecule has 14 heavy (non-hydrogen) atoms. The topological polar surface area (TPSA) is 9.23 Å². The Balaban J connectivity index is 2.41. The van der Waals surface area contributed by atoms with Gasteiger partial charge in [0.05, 0.1) is 5.60 Å². The van der Waals surface area contributed by atoms with Crippen molar-refractivity contribution in [3.63, 3.8) is 0 Å². The van der Waals surface area contributed by atoms with Crippen LogP contribution in [0.25, 0.3) is 0 Å². The summed E-state index contributed by atoms with van der Waals surface area (Å²) in [4.78, 5) is 0. The van der Waals surface area contributed by atoms with Gasteiger partial charge in [0.1, 0.15) is 0 Å². The van der Waals surface area contributed by atoms with Gasteiger partial charge in [0.25, 0.3) is 0 Å². The van der Waals surface area contributed by atoms with E-state index in [1.54, 1.807) is 0 Å². The van der Waals surface area contributed by atoms with Crippen molar-refractivity contribution in [3.05, 3.63) is 0 Å². The van der Waals surface area contributed by atoms with Crippen molar-refractivity contribution in [3.8, 4) is 0 Å². The van der Waals surface area contributed by atoms with Gasteiger partial charge in [-0.05, 0) is 50.9 Å². The normalized spacial score (nSPS) is 22.1. The molecule has 1 nitrogen and oxygen atoms in total. The van der Waals surface area contributed by atoms with Gasteiger partial charge in [0, 0.05) is 12.4 Å². The summed E-state index contributed by atoms with van der Waals surface area (Å²) < 4.78 is 5.46. The van der Waals surface area contributed by atoms with E-state index >= 15 is 0 Å². The first kappa shape index (κ1) is 12.5. The molecule has 2 heteroatoms. The lowest BCUT2D eigenvalue weighted by atomic mass is 9.80. The molecule has 0 heterocycles. The molecule has 1 saturated carbocycles. The average Bonchev–Trinajstić information content (AvgIpc) is 2.98. The highest BCUT2D eigenvalue weighted by Gasteiger charge is 2.41. The summed E-state index contributed by atoms with van der Waals surface area (Å²) >= 11 is 3.66. The molecule has 0 aliphatic heterocycles. The summed E-state index contributed by atoms with van der Waals surface area (Å²) in [5.74, 6) is 0.953. The van der Waals surface area contributed by atoms with E-state index in [1.807, 2.05) is 7.11 Å². The quantitative estimate of drug-likeness (QED) is 0.658. The lowest BCUT2D eigenvalue weighted by Gasteiger charge is -2.32. The Kier molecular flexibility index (Phi) is 4.04. The zero-order chi connectivity index (χ0) is 10.8. The first-order chi connectivity index (χ1) is 6.43. The van der Waals surface area contributed by atoms with E-state index in [0.717, 1.165) is 17.7 Å². The van der Waals surface area contributed by atoms with Crippen LogP contribution in [0.3, 0.4) is 0 Å². The van der Waals surface area contributed by atoms with Gasteiger partial charge in [0.2, 0.25) is 0 Å². The number of halogens is 1. The van der Waals surface area contributed by atoms with Gasteiger partial charge in [-0.15, -0.1) is 0 Å². The molecule has 1 rings (SSSR count). The van der Waals surface area contributed by atoms with Crippen molar-refractivity contribution >= 4 is 15.9 Å². The molecular formula is C12H23BrO. The van der Waals surface area contributed by atoms with Crippen molar-refractivity contribution in [1.29, 1.82) is 0 Å². The number of hydrogen-bond donors (Lipinski definition) is 0. The van der Waals surface area contributed by atoms with Crippen molar-refractivity contribution in [2.24, 2.45) is 11.3 Å². The molecule has 1 unspecified atom stereocenters. The third-order valence-electron chi connectivity index (χ3n) is 3.72. The molecule has 0 aromatic rings. The van der Waals surface area contributed by atoms with Crippen LogP contribution in [0.5, 0.6) is 0 Å². The average molecular weight is 263 g/mol. The number of rotatable bonds is 6. The molecule has 1 aliphatic carbocycles. The molecular weight excluding hydrogens is 240 g/mol. The molecule has 0 amide bonds. The van der Waals surface area contributed by atoms with Crippen LogP contribution in [-0.2, 0) is 4.74 Å². The summed E-state index contributed by atoms with van der Waals surface area (Å²) in [6, 6.07) is 0. The van der Waals surface area contributed by atoms with E-state index in [9.17, 15) is 0 Å². The minimum Gasteiger partial charge on any atom is -0.379 e. The highest BCUT2D eigenvalue weighted by Crippen LogP contribution is 2.49. The van der Waals surface area contributed by atoms with E-state index in [2.05, 4.69) is 36.7 Å². The summed E-state index contributed by atoms with van der Waals surface area (Å²) in [5.41, 5.74) is 0.536. The Morgan fingerprint density at radius 2 is 1.79 bits per heavy atom. The molecule has 1 aliphatic rings. The predicted molar refractivity (Wildman–Crippen MR) is 64.9 cm³/mol. The fourth-order valence-electron chi connectivity index (χ4n) is 1.85. The van der Waals surface area contributed by atoms with Gasteiger partial charge < -0.3 is 4.74 Å². The van der Waals surface area contributed by atoms with Crippen molar-refractivity contribution in [2.75, 3.05) is 12.4 Å². The molecule has 1 fully saturated rings. The summed E-state index contributed by atoms with van der Waals surface area (Å²) in [7, 11) is 1.81. The Bertz CT molecular complexity index is 187. The maximum absolute atomic E-state index is 5.46. The molecule has 0 saturated heterocycles. The molecule has 0 aromatic carbocycles. The Hall–Kier alpha value is 0.440.